The van der Waals surface area contributed by atoms with E-state index in [2.05, 4.69) is 27.9 Å². The van der Waals surface area contributed by atoms with Gasteiger partial charge in [-0.05, 0) is 92.6 Å². The van der Waals surface area contributed by atoms with Crippen molar-refractivity contribution in [2.75, 3.05) is 30.7 Å². The molecule has 155 valence electrons. The van der Waals surface area contributed by atoms with Crippen molar-refractivity contribution in [1.29, 1.82) is 0 Å². The maximum Gasteiger partial charge on any atom is 0.332 e. The summed E-state index contributed by atoms with van der Waals surface area (Å²) in [5.74, 6) is 0.103. The van der Waals surface area contributed by atoms with E-state index in [1.807, 2.05) is 0 Å². The van der Waals surface area contributed by atoms with Crippen LogP contribution in [-0.2, 0) is 35.7 Å². The molecule has 1 unspecified atom stereocenters. The number of carbonyl (C=O) groups is 1. The van der Waals surface area contributed by atoms with Gasteiger partial charge >= 0.3 is 6.03 Å². The van der Waals surface area contributed by atoms with Crippen LogP contribution in [0, 0.1) is 5.92 Å². The maximum absolute atomic E-state index is 12.6. The monoisotopic (exact) mass is 444 g/mol. The van der Waals surface area contributed by atoms with Gasteiger partial charge in [-0.3, -0.25) is 0 Å². The van der Waals surface area contributed by atoms with Crippen LogP contribution in [0.2, 0.25) is 0 Å². The van der Waals surface area contributed by atoms with Crippen molar-refractivity contribution in [2.24, 2.45) is 5.92 Å². The molecule has 29 heavy (non-hydrogen) atoms. The number of nitrogens with zero attached hydrogens (tertiary/aromatic N) is 1. The topological polar surface area (TPSA) is 78.5 Å². The van der Waals surface area contributed by atoms with Gasteiger partial charge in [0.25, 0.3) is 0 Å². The molecule has 8 heteroatoms. The Hall–Kier alpha value is 0.0364. The van der Waals surface area contributed by atoms with Crippen LogP contribution < -0.4 is 10.0 Å². The second-order valence-electron chi connectivity index (χ2n) is 8.47. The van der Waals surface area contributed by atoms with E-state index in [0.717, 1.165) is 76.7 Å². The van der Waals surface area contributed by atoms with E-state index in [-0.39, 0.29) is 63.1 Å². The van der Waals surface area contributed by atoms with Crippen LogP contribution in [0.4, 0.5) is 10.5 Å². The van der Waals surface area contributed by atoms with Crippen LogP contribution in [0.1, 0.15) is 54.9 Å². The number of fused-ring (bicyclic) bond motifs is 2. The number of amides is 2. The zero-order chi connectivity index (χ0) is 19.7. The summed E-state index contributed by atoms with van der Waals surface area (Å²) < 4.78 is 27.4. The molecule has 1 saturated heterocycles. The summed E-state index contributed by atoms with van der Waals surface area (Å²) in [6.07, 6.45) is 8.13. The summed E-state index contributed by atoms with van der Waals surface area (Å²) in [6, 6.07) is 1.69. The number of hydrogen-bond acceptors (Lipinski definition) is 4. The molecule has 3 aliphatic rings. The standard InChI is InChI=1S/C21H31N3O3S.K/c1-2-24-11-5-6-15(13-24)14-28(26,27)23-21(25)22-20-18-9-3-7-16(18)12-17-8-4-10-19(17)20;/h12,15H,2-11,13-14H2,1H3,(H2,22,23,25);. The average Bonchev–Trinajstić information content (AvgIpc) is 3.29. The Morgan fingerprint density at radius 2 is 1.76 bits per heavy atom. The number of aryl methyl sites for hydroxylation is 2. The summed E-state index contributed by atoms with van der Waals surface area (Å²) in [4.78, 5) is 14.9. The summed E-state index contributed by atoms with van der Waals surface area (Å²) in [7, 11) is -3.65. The first-order valence-corrected chi connectivity index (χ1v) is 12.3. The van der Waals surface area contributed by atoms with E-state index in [9.17, 15) is 13.2 Å². The van der Waals surface area contributed by atoms with Crippen molar-refractivity contribution in [3.63, 3.8) is 0 Å². The minimum absolute atomic E-state index is 0. The van der Waals surface area contributed by atoms with Gasteiger partial charge in [0.2, 0.25) is 10.0 Å². The second kappa shape index (κ2) is 10.1. The van der Waals surface area contributed by atoms with Crippen LogP contribution in [0.3, 0.4) is 0 Å². The molecule has 0 bridgehead atoms. The quantitative estimate of drug-likeness (QED) is 0.684. The molecule has 1 radical (unpaired) electrons. The van der Waals surface area contributed by atoms with Crippen LogP contribution in [-0.4, -0.2) is 96.1 Å². The Bertz CT molecular complexity index is 840. The minimum atomic E-state index is -3.65. The molecule has 0 aromatic heterocycles. The zero-order valence-electron chi connectivity index (χ0n) is 17.7. The van der Waals surface area contributed by atoms with Crippen LogP contribution in [0.5, 0.6) is 0 Å². The number of likely N-dealkylation sites (tertiary alicyclic amines) is 1. The van der Waals surface area contributed by atoms with E-state index in [4.69, 9.17) is 0 Å². The molecule has 1 fully saturated rings. The zero-order valence-corrected chi connectivity index (χ0v) is 21.7. The van der Waals surface area contributed by atoms with Crippen molar-refractivity contribution >= 4 is 73.1 Å². The van der Waals surface area contributed by atoms with E-state index >= 15 is 0 Å². The normalized spacial score (nSPS) is 21.2. The van der Waals surface area contributed by atoms with Crippen molar-refractivity contribution in [2.45, 2.75) is 58.3 Å². The number of piperidine rings is 1. The first-order valence-electron chi connectivity index (χ1n) is 10.7. The predicted octanol–water partition coefficient (Wildman–Crippen LogP) is 2.47. The summed E-state index contributed by atoms with van der Waals surface area (Å²) in [6.45, 7) is 4.86. The Morgan fingerprint density at radius 3 is 2.38 bits per heavy atom. The van der Waals surface area contributed by atoms with Crippen LogP contribution in [0.15, 0.2) is 6.07 Å². The Morgan fingerprint density at radius 1 is 1.10 bits per heavy atom. The van der Waals surface area contributed by atoms with Crippen molar-refractivity contribution < 1.29 is 13.2 Å². The molecule has 1 aromatic carbocycles. The molecular weight excluding hydrogens is 413 g/mol. The van der Waals surface area contributed by atoms with Gasteiger partial charge in [0.15, 0.2) is 0 Å². The number of rotatable bonds is 5. The molecule has 0 spiro atoms. The second-order valence-corrected chi connectivity index (χ2v) is 10.2. The molecule has 4 rings (SSSR count). The van der Waals surface area contributed by atoms with Gasteiger partial charge < -0.3 is 10.2 Å². The number of carbonyl (C=O) groups excluding carboxylic acids is 1. The van der Waals surface area contributed by atoms with Crippen LogP contribution >= 0.6 is 0 Å². The summed E-state index contributed by atoms with van der Waals surface area (Å²) >= 11 is 0. The average molecular weight is 445 g/mol. The molecule has 1 atom stereocenters. The Labute approximate surface area is 217 Å². The first kappa shape index (κ1) is 23.7. The third-order valence-corrected chi connectivity index (χ3v) is 7.87. The molecule has 1 heterocycles. The third-order valence-electron chi connectivity index (χ3n) is 6.47. The number of benzene rings is 1. The van der Waals surface area contributed by atoms with Crippen molar-refractivity contribution in [3.8, 4) is 0 Å². The van der Waals surface area contributed by atoms with Gasteiger partial charge in [-0.15, -0.1) is 0 Å². The first-order chi connectivity index (χ1) is 13.4. The molecule has 2 aliphatic carbocycles. The third kappa shape index (κ3) is 5.64. The van der Waals surface area contributed by atoms with E-state index < -0.39 is 16.1 Å². The van der Waals surface area contributed by atoms with Crippen LogP contribution in [0.25, 0.3) is 0 Å². The summed E-state index contributed by atoms with van der Waals surface area (Å²) in [5.41, 5.74) is 5.93. The molecule has 2 amide bonds. The van der Waals surface area contributed by atoms with Gasteiger partial charge in [-0.2, -0.15) is 0 Å². The smallest absolute Gasteiger partial charge is 0.307 e. The van der Waals surface area contributed by atoms with Gasteiger partial charge in [0, 0.05) is 63.6 Å². The van der Waals surface area contributed by atoms with E-state index in [1.165, 1.54) is 22.3 Å². The Kier molecular flexibility index (Phi) is 8.26. The van der Waals surface area contributed by atoms with Gasteiger partial charge in [0.1, 0.15) is 0 Å². The predicted molar refractivity (Wildman–Crippen MR) is 117 cm³/mol. The molecular formula is C21H31KN3O3S. The molecule has 1 aromatic rings. The number of anilines is 1. The van der Waals surface area contributed by atoms with E-state index in [0.29, 0.717) is 0 Å². The fourth-order valence-electron chi connectivity index (χ4n) is 5.17. The fourth-order valence-corrected chi connectivity index (χ4v) is 6.48. The van der Waals surface area contributed by atoms with Gasteiger partial charge in [-0.1, -0.05) is 13.0 Å². The summed E-state index contributed by atoms with van der Waals surface area (Å²) in [5, 5.41) is 2.92. The number of hydrogen-bond donors (Lipinski definition) is 2. The number of urea groups is 1. The largest absolute Gasteiger partial charge is 0.332 e. The van der Waals surface area contributed by atoms with Gasteiger partial charge in [0.05, 0.1) is 5.75 Å². The maximum atomic E-state index is 12.6. The molecule has 2 N–H and O–H groups in total. The van der Waals surface area contributed by atoms with Gasteiger partial charge in [-0.25, -0.2) is 17.9 Å². The number of nitrogens with one attached hydrogen (secondary N) is 2. The van der Waals surface area contributed by atoms with Crippen molar-refractivity contribution in [1.82, 2.24) is 9.62 Å². The fraction of sp³-hybridized carbons (Fsp3) is 0.667. The van der Waals surface area contributed by atoms with E-state index in [1.54, 1.807) is 0 Å². The Balaban J connectivity index is 0.00000240. The molecule has 6 nitrogen and oxygen atoms in total. The molecule has 1 aliphatic heterocycles. The van der Waals surface area contributed by atoms with Crippen molar-refractivity contribution in [3.05, 3.63) is 28.3 Å². The molecule has 0 saturated carbocycles. The minimum Gasteiger partial charge on any atom is -0.307 e. The number of sulfonamides is 1. The SMILES string of the molecule is CCN1CCCC(CS(=O)(=O)NC(=O)Nc2c3c(cc4c2CCC4)CCC3)C1.[K].